The number of aromatic nitrogens is 1. The van der Waals surface area contributed by atoms with Crippen LogP contribution in [0.25, 0.3) is 22.2 Å². The van der Waals surface area contributed by atoms with E-state index in [1.54, 1.807) is 24.3 Å². The third-order valence-corrected chi connectivity index (χ3v) is 6.25. The summed E-state index contributed by atoms with van der Waals surface area (Å²) >= 11 is 0. The van der Waals surface area contributed by atoms with Crippen molar-refractivity contribution in [1.82, 2.24) is 10.3 Å². The number of primary amides is 1. The van der Waals surface area contributed by atoms with Gasteiger partial charge < -0.3 is 16.8 Å². The van der Waals surface area contributed by atoms with E-state index in [-0.39, 0.29) is 5.91 Å². The van der Waals surface area contributed by atoms with Crippen LogP contribution in [0.1, 0.15) is 46.4 Å². The van der Waals surface area contributed by atoms with E-state index in [4.69, 9.17) is 16.5 Å². The van der Waals surface area contributed by atoms with Crippen LogP contribution in [0.4, 0.5) is 0 Å². The fraction of sp³-hybridized carbons (Fsp3) is 0.320. The lowest BCUT2D eigenvalue weighted by Gasteiger charge is -2.27. The molecule has 2 amide bonds. The van der Waals surface area contributed by atoms with Gasteiger partial charge in [-0.1, -0.05) is 30.3 Å². The third-order valence-electron chi connectivity index (χ3n) is 6.25. The van der Waals surface area contributed by atoms with Crippen molar-refractivity contribution in [2.75, 3.05) is 13.1 Å². The molecule has 6 heteroatoms. The van der Waals surface area contributed by atoms with E-state index in [1.807, 2.05) is 30.3 Å². The summed E-state index contributed by atoms with van der Waals surface area (Å²) in [7, 11) is 0. The molecular formula is C25H28N4O2. The minimum Gasteiger partial charge on any atom is -0.366 e. The van der Waals surface area contributed by atoms with E-state index >= 15 is 0 Å². The molecule has 1 heterocycles. The zero-order valence-corrected chi connectivity index (χ0v) is 17.5. The molecule has 0 spiro atoms. The first-order valence-electron chi connectivity index (χ1n) is 10.8. The normalized spacial score (nSPS) is 18.6. The van der Waals surface area contributed by atoms with Gasteiger partial charge in [0.15, 0.2) is 0 Å². The number of rotatable bonds is 6. The Morgan fingerprint density at radius 3 is 2.45 bits per heavy atom. The van der Waals surface area contributed by atoms with Gasteiger partial charge in [-0.2, -0.15) is 0 Å². The Bertz CT molecular complexity index is 1100. The third kappa shape index (κ3) is 4.75. The van der Waals surface area contributed by atoms with Gasteiger partial charge in [0.05, 0.1) is 16.8 Å². The van der Waals surface area contributed by atoms with Gasteiger partial charge in [-0.05, 0) is 68.3 Å². The summed E-state index contributed by atoms with van der Waals surface area (Å²) in [4.78, 5) is 29.4. The maximum atomic E-state index is 13.1. The van der Waals surface area contributed by atoms with Gasteiger partial charge >= 0.3 is 0 Å². The Labute approximate surface area is 182 Å². The summed E-state index contributed by atoms with van der Waals surface area (Å²) in [5.41, 5.74) is 14.3. The molecule has 160 valence electrons. The summed E-state index contributed by atoms with van der Waals surface area (Å²) < 4.78 is 0. The van der Waals surface area contributed by atoms with E-state index in [0.29, 0.717) is 35.2 Å². The Hall–Kier alpha value is -3.25. The lowest BCUT2D eigenvalue weighted by Crippen LogP contribution is -2.32. The fourth-order valence-corrected chi connectivity index (χ4v) is 4.35. The average molecular weight is 417 g/mol. The minimum atomic E-state index is -0.495. The maximum absolute atomic E-state index is 13.1. The van der Waals surface area contributed by atoms with Crippen LogP contribution in [0.15, 0.2) is 54.6 Å². The fourth-order valence-electron chi connectivity index (χ4n) is 4.35. The van der Waals surface area contributed by atoms with E-state index < -0.39 is 5.91 Å². The number of fused-ring (bicyclic) bond motifs is 1. The number of pyridine rings is 1. The molecule has 0 bridgehead atoms. The molecule has 6 nitrogen and oxygen atoms in total. The number of carbonyl (C=O) groups excluding carboxylic acids is 2. The molecule has 1 saturated carbocycles. The average Bonchev–Trinajstić information content (AvgIpc) is 2.82. The number of benzene rings is 2. The van der Waals surface area contributed by atoms with E-state index in [0.717, 1.165) is 48.7 Å². The second-order valence-corrected chi connectivity index (χ2v) is 8.35. The second-order valence-electron chi connectivity index (χ2n) is 8.35. The molecule has 0 unspecified atom stereocenters. The lowest BCUT2D eigenvalue weighted by atomic mass is 9.82. The van der Waals surface area contributed by atoms with Crippen LogP contribution >= 0.6 is 0 Å². The first-order chi connectivity index (χ1) is 15.0. The van der Waals surface area contributed by atoms with Crippen molar-refractivity contribution in [3.8, 4) is 11.3 Å². The van der Waals surface area contributed by atoms with Crippen LogP contribution < -0.4 is 16.8 Å². The smallest absolute Gasteiger partial charge is 0.252 e. The van der Waals surface area contributed by atoms with Gasteiger partial charge in [-0.15, -0.1) is 0 Å². The number of nitrogens with one attached hydrogen (secondary N) is 1. The van der Waals surface area contributed by atoms with Crippen LogP contribution in [0.5, 0.6) is 0 Å². The summed E-state index contributed by atoms with van der Waals surface area (Å²) in [6, 6.07) is 16.4. The first kappa shape index (κ1) is 21.0. The van der Waals surface area contributed by atoms with Gasteiger partial charge in [0.25, 0.3) is 5.91 Å². The standard InChI is InChI=1S/C25H28N4O2/c26-14-16-8-10-17(11-9-16)15-28-25(31)21-13-23(29-22-7-2-1-6-20(21)22)18-4-3-5-19(12-18)24(27)30/h1-7,12-13,16-17H,8-11,14-15,26H2,(H2,27,30)(H,28,31). The Kier molecular flexibility index (Phi) is 6.28. The van der Waals surface area contributed by atoms with Crippen LogP contribution in [0.3, 0.4) is 0 Å². The number of para-hydroxylation sites is 1. The molecule has 1 aliphatic rings. The molecule has 1 aromatic heterocycles. The van der Waals surface area contributed by atoms with Gasteiger partial charge in [-0.25, -0.2) is 4.98 Å². The molecule has 3 aromatic rings. The summed E-state index contributed by atoms with van der Waals surface area (Å²) in [6.45, 7) is 1.42. The molecule has 4 rings (SSSR count). The molecule has 5 N–H and O–H groups in total. The van der Waals surface area contributed by atoms with Crippen molar-refractivity contribution >= 4 is 22.7 Å². The molecule has 1 fully saturated rings. The molecule has 0 atom stereocenters. The van der Waals surface area contributed by atoms with Crippen molar-refractivity contribution in [2.24, 2.45) is 23.3 Å². The highest BCUT2D eigenvalue weighted by molar-refractivity contribution is 6.07. The van der Waals surface area contributed by atoms with Crippen molar-refractivity contribution in [3.05, 3.63) is 65.7 Å². The number of carbonyl (C=O) groups is 2. The van der Waals surface area contributed by atoms with Crippen molar-refractivity contribution in [2.45, 2.75) is 25.7 Å². The second kappa shape index (κ2) is 9.27. The van der Waals surface area contributed by atoms with E-state index in [9.17, 15) is 9.59 Å². The van der Waals surface area contributed by atoms with Crippen LogP contribution in [0, 0.1) is 11.8 Å². The van der Waals surface area contributed by atoms with Crippen LogP contribution in [0.2, 0.25) is 0 Å². The molecule has 1 aliphatic carbocycles. The predicted octanol–water partition coefficient (Wildman–Crippen LogP) is 3.50. The van der Waals surface area contributed by atoms with E-state index in [2.05, 4.69) is 5.32 Å². The Balaban J connectivity index is 1.60. The van der Waals surface area contributed by atoms with Crippen LogP contribution in [-0.4, -0.2) is 29.9 Å². The topological polar surface area (TPSA) is 111 Å². The van der Waals surface area contributed by atoms with Crippen molar-refractivity contribution in [1.29, 1.82) is 0 Å². The van der Waals surface area contributed by atoms with E-state index in [1.165, 1.54) is 0 Å². The highest BCUT2D eigenvalue weighted by Gasteiger charge is 2.21. The minimum absolute atomic E-state index is 0.105. The quantitative estimate of drug-likeness (QED) is 0.571. The maximum Gasteiger partial charge on any atom is 0.252 e. The molecule has 2 aromatic carbocycles. The SMILES string of the molecule is NCC1CCC(CNC(=O)c2cc(-c3cccc(C(N)=O)c3)nc3ccccc23)CC1. The molecule has 0 aliphatic heterocycles. The zero-order chi connectivity index (χ0) is 21.8. The Morgan fingerprint density at radius 1 is 0.968 bits per heavy atom. The van der Waals surface area contributed by atoms with Gasteiger partial charge in [0.2, 0.25) is 5.91 Å². The Morgan fingerprint density at radius 2 is 1.71 bits per heavy atom. The van der Waals surface area contributed by atoms with Gasteiger partial charge in [-0.3, -0.25) is 9.59 Å². The molecular weight excluding hydrogens is 388 g/mol. The number of nitrogens with zero attached hydrogens (tertiary/aromatic N) is 1. The van der Waals surface area contributed by atoms with Crippen LogP contribution in [-0.2, 0) is 0 Å². The number of nitrogens with two attached hydrogens (primary N) is 2. The van der Waals surface area contributed by atoms with Crippen molar-refractivity contribution < 1.29 is 9.59 Å². The summed E-state index contributed by atoms with van der Waals surface area (Å²) in [5, 5.41) is 3.94. The lowest BCUT2D eigenvalue weighted by molar-refractivity contribution is 0.0942. The summed E-state index contributed by atoms with van der Waals surface area (Å²) in [5.74, 6) is 0.512. The molecule has 0 saturated heterocycles. The van der Waals surface area contributed by atoms with Gasteiger partial charge in [0, 0.05) is 23.1 Å². The molecule has 31 heavy (non-hydrogen) atoms. The summed E-state index contributed by atoms with van der Waals surface area (Å²) in [6.07, 6.45) is 4.47. The first-order valence-corrected chi connectivity index (χ1v) is 10.8. The van der Waals surface area contributed by atoms with Crippen molar-refractivity contribution in [3.63, 3.8) is 0 Å². The highest BCUT2D eigenvalue weighted by Crippen LogP contribution is 2.28. The number of hydrogen-bond acceptors (Lipinski definition) is 4. The largest absolute Gasteiger partial charge is 0.366 e. The monoisotopic (exact) mass is 416 g/mol. The predicted molar refractivity (Wildman–Crippen MR) is 123 cm³/mol. The number of amides is 2. The molecule has 0 radical (unpaired) electrons. The van der Waals surface area contributed by atoms with Gasteiger partial charge in [0.1, 0.15) is 0 Å². The number of hydrogen-bond donors (Lipinski definition) is 3. The zero-order valence-electron chi connectivity index (χ0n) is 17.5. The highest BCUT2D eigenvalue weighted by atomic mass is 16.2.